The van der Waals surface area contributed by atoms with Gasteiger partial charge < -0.3 is 10.2 Å². The Hall–Kier alpha value is -1.57. The minimum Gasteiger partial charge on any atom is -0.352 e. The van der Waals surface area contributed by atoms with E-state index >= 15 is 0 Å². The molecule has 0 spiro atoms. The minimum atomic E-state index is -4.31. The molecule has 0 aromatic heterocycles. The number of halogens is 4. The smallest absolute Gasteiger partial charge is 0.352 e. The summed E-state index contributed by atoms with van der Waals surface area (Å²) in [6, 6.07) is 6.27. The maximum absolute atomic E-state index is 13.2. The van der Waals surface area contributed by atoms with Crippen LogP contribution in [0.2, 0.25) is 0 Å². The van der Waals surface area contributed by atoms with Crippen LogP contribution in [0.1, 0.15) is 32.1 Å². The Bertz CT molecular complexity index is 695. The topological polar surface area (TPSA) is 49.4 Å². The summed E-state index contributed by atoms with van der Waals surface area (Å²) >= 11 is 3.38. The third-order valence-corrected chi connectivity index (χ3v) is 5.82. The minimum absolute atomic E-state index is 0.0105. The number of carbonyl (C=O) groups is 2. The first kappa shape index (κ1) is 19.2. The second-order valence-corrected chi connectivity index (χ2v) is 7.76. The Morgan fingerprint density at radius 1 is 1.19 bits per heavy atom. The molecule has 1 heterocycles. The first-order chi connectivity index (χ1) is 12.3. The van der Waals surface area contributed by atoms with Crippen molar-refractivity contribution < 1.29 is 22.8 Å². The molecule has 4 nitrogen and oxygen atoms in total. The molecule has 8 heteroatoms. The van der Waals surface area contributed by atoms with E-state index in [0.717, 1.165) is 4.47 Å². The van der Waals surface area contributed by atoms with Gasteiger partial charge >= 0.3 is 6.18 Å². The molecule has 142 valence electrons. The Kier molecular flexibility index (Phi) is 5.60. The molecule has 3 rings (SSSR count). The maximum atomic E-state index is 13.2. The van der Waals surface area contributed by atoms with Crippen molar-refractivity contribution in [1.29, 1.82) is 0 Å². The van der Waals surface area contributed by atoms with Crippen molar-refractivity contribution in [2.45, 2.75) is 44.3 Å². The Labute approximate surface area is 158 Å². The van der Waals surface area contributed by atoms with Crippen LogP contribution in [0.25, 0.3) is 0 Å². The zero-order valence-electron chi connectivity index (χ0n) is 14.1. The number of nitrogens with one attached hydrogen (secondary N) is 1. The molecule has 1 aliphatic carbocycles. The molecule has 2 amide bonds. The first-order valence-electron chi connectivity index (χ1n) is 8.69. The molecule has 1 saturated heterocycles. The molecule has 1 saturated carbocycles. The quantitative estimate of drug-likeness (QED) is 0.783. The van der Waals surface area contributed by atoms with Crippen LogP contribution in [0.3, 0.4) is 0 Å². The van der Waals surface area contributed by atoms with E-state index in [9.17, 15) is 22.8 Å². The molecule has 2 aliphatic rings. The highest BCUT2D eigenvalue weighted by molar-refractivity contribution is 9.10. The van der Waals surface area contributed by atoms with Crippen molar-refractivity contribution in [2.24, 2.45) is 11.8 Å². The van der Waals surface area contributed by atoms with Crippen LogP contribution < -0.4 is 10.2 Å². The van der Waals surface area contributed by atoms with Gasteiger partial charge in [0.2, 0.25) is 11.8 Å². The van der Waals surface area contributed by atoms with Crippen molar-refractivity contribution in [1.82, 2.24) is 5.32 Å². The number of amides is 2. The average molecular weight is 433 g/mol. The SMILES string of the molecule is O=C(NC1CCCCC1C(F)(F)F)C1CC(=O)N(c2ccccc2Br)C1. The number of hydrogen-bond acceptors (Lipinski definition) is 2. The number of hydrogen-bond donors (Lipinski definition) is 1. The predicted octanol–water partition coefficient (Wildman–Crippen LogP) is 4.04. The van der Waals surface area contributed by atoms with Gasteiger partial charge in [0.05, 0.1) is 17.5 Å². The van der Waals surface area contributed by atoms with E-state index in [1.165, 1.54) is 4.90 Å². The molecule has 1 aliphatic heterocycles. The van der Waals surface area contributed by atoms with Gasteiger partial charge in [-0.05, 0) is 40.9 Å². The van der Waals surface area contributed by atoms with Crippen LogP contribution in [0.15, 0.2) is 28.7 Å². The number of benzene rings is 1. The second kappa shape index (κ2) is 7.58. The summed E-state index contributed by atoms with van der Waals surface area (Å²) in [5.41, 5.74) is 0.665. The molecule has 1 aromatic rings. The van der Waals surface area contributed by atoms with Gasteiger partial charge in [-0.3, -0.25) is 9.59 Å². The van der Waals surface area contributed by atoms with Crippen LogP contribution in [0, 0.1) is 11.8 Å². The highest BCUT2D eigenvalue weighted by atomic mass is 79.9. The lowest BCUT2D eigenvalue weighted by atomic mass is 9.83. The average Bonchev–Trinajstić information content (AvgIpc) is 2.97. The third kappa shape index (κ3) is 4.05. The van der Waals surface area contributed by atoms with Gasteiger partial charge in [-0.2, -0.15) is 13.2 Å². The van der Waals surface area contributed by atoms with E-state index in [2.05, 4.69) is 21.2 Å². The summed E-state index contributed by atoms with van der Waals surface area (Å²) in [6.07, 6.45) is -2.74. The standard InChI is InChI=1S/C18H20BrF3N2O2/c19-13-6-2-4-8-15(13)24-10-11(9-16(24)25)17(26)23-14-7-3-1-5-12(14)18(20,21)22/h2,4,6,8,11-12,14H,1,3,5,7,9-10H2,(H,23,26). The molecule has 1 aromatic carbocycles. The van der Waals surface area contributed by atoms with Crippen LogP contribution in [-0.4, -0.2) is 30.6 Å². The zero-order chi connectivity index (χ0) is 18.9. The molecule has 0 bridgehead atoms. The first-order valence-corrected chi connectivity index (χ1v) is 9.48. The van der Waals surface area contributed by atoms with Crippen molar-refractivity contribution >= 4 is 33.4 Å². The Balaban J connectivity index is 1.67. The van der Waals surface area contributed by atoms with E-state index in [1.807, 2.05) is 6.07 Å². The van der Waals surface area contributed by atoms with E-state index in [4.69, 9.17) is 0 Å². The predicted molar refractivity (Wildman–Crippen MR) is 94.5 cm³/mol. The summed E-state index contributed by atoms with van der Waals surface area (Å²) in [5, 5.41) is 2.58. The molecular formula is C18H20BrF3N2O2. The normalized spacial score (nSPS) is 26.8. The number of alkyl halides is 3. The van der Waals surface area contributed by atoms with Crippen molar-refractivity contribution in [3.05, 3.63) is 28.7 Å². The largest absolute Gasteiger partial charge is 0.393 e. The fourth-order valence-corrected chi connectivity index (χ4v) is 4.28. The molecular weight excluding hydrogens is 413 g/mol. The second-order valence-electron chi connectivity index (χ2n) is 6.90. The van der Waals surface area contributed by atoms with Crippen molar-refractivity contribution in [3.63, 3.8) is 0 Å². The van der Waals surface area contributed by atoms with Crippen LogP contribution in [0.4, 0.5) is 18.9 Å². The van der Waals surface area contributed by atoms with Crippen LogP contribution in [-0.2, 0) is 9.59 Å². The number of rotatable bonds is 3. The molecule has 26 heavy (non-hydrogen) atoms. The summed E-state index contributed by atoms with van der Waals surface area (Å²) in [4.78, 5) is 26.3. The maximum Gasteiger partial charge on any atom is 0.393 e. The lowest BCUT2D eigenvalue weighted by Crippen LogP contribution is -2.49. The number of carbonyl (C=O) groups excluding carboxylic acids is 2. The number of anilines is 1. The van der Waals surface area contributed by atoms with Crippen molar-refractivity contribution in [3.8, 4) is 0 Å². The molecule has 3 atom stereocenters. The lowest BCUT2D eigenvalue weighted by molar-refractivity contribution is -0.189. The third-order valence-electron chi connectivity index (χ3n) is 5.15. The van der Waals surface area contributed by atoms with Gasteiger partial charge in [-0.1, -0.05) is 25.0 Å². The van der Waals surface area contributed by atoms with Crippen LogP contribution in [0.5, 0.6) is 0 Å². The molecule has 3 unspecified atom stereocenters. The van der Waals surface area contributed by atoms with Gasteiger partial charge in [-0.15, -0.1) is 0 Å². The molecule has 2 fully saturated rings. The van der Waals surface area contributed by atoms with Gasteiger partial charge in [0.1, 0.15) is 0 Å². The summed E-state index contributed by atoms with van der Waals surface area (Å²) in [7, 11) is 0. The Morgan fingerprint density at radius 3 is 2.58 bits per heavy atom. The van der Waals surface area contributed by atoms with Gasteiger partial charge in [0.25, 0.3) is 0 Å². The summed E-state index contributed by atoms with van der Waals surface area (Å²) in [6.45, 7) is 0.177. The van der Waals surface area contributed by atoms with E-state index in [-0.39, 0.29) is 25.3 Å². The lowest BCUT2D eigenvalue weighted by Gasteiger charge is -2.34. The Morgan fingerprint density at radius 2 is 1.88 bits per heavy atom. The highest BCUT2D eigenvalue weighted by Gasteiger charge is 2.47. The fraction of sp³-hybridized carbons (Fsp3) is 0.556. The van der Waals surface area contributed by atoms with Crippen molar-refractivity contribution in [2.75, 3.05) is 11.4 Å². The van der Waals surface area contributed by atoms with Crippen LogP contribution >= 0.6 is 15.9 Å². The van der Waals surface area contributed by atoms with E-state index < -0.39 is 30.0 Å². The van der Waals surface area contributed by atoms with Gasteiger partial charge in [0, 0.05) is 23.5 Å². The molecule has 0 radical (unpaired) electrons. The number of nitrogens with zero attached hydrogens (tertiary/aromatic N) is 1. The van der Waals surface area contributed by atoms with Gasteiger partial charge in [-0.25, -0.2) is 0 Å². The summed E-state index contributed by atoms with van der Waals surface area (Å²) < 4.78 is 40.3. The number of para-hydroxylation sites is 1. The fourth-order valence-electron chi connectivity index (χ4n) is 3.78. The molecule has 1 N–H and O–H groups in total. The zero-order valence-corrected chi connectivity index (χ0v) is 15.6. The van der Waals surface area contributed by atoms with Gasteiger partial charge in [0.15, 0.2) is 0 Å². The van der Waals surface area contributed by atoms with E-state index in [0.29, 0.717) is 24.9 Å². The summed E-state index contributed by atoms with van der Waals surface area (Å²) in [5.74, 6) is -2.80. The van der Waals surface area contributed by atoms with E-state index in [1.54, 1.807) is 18.2 Å². The monoisotopic (exact) mass is 432 g/mol. The highest BCUT2D eigenvalue weighted by Crippen LogP contribution is 2.38.